The number of rotatable bonds is 11. The molecule has 0 radical (unpaired) electrons. The first-order chi connectivity index (χ1) is 13.9. The summed E-state index contributed by atoms with van der Waals surface area (Å²) in [6, 6.07) is 5.24. The number of hydrogen-bond donors (Lipinski definition) is 4. The predicted octanol–water partition coefficient (Wildman–Crippen LogP) is 2.90. The molecular formula is C21H30N4O4. The molecule has 2 rings (SSSR count). The summed E-state index contributed by atoms with van der Waals surface area (Å²) >= 11 is 0. The number of carboxylic acids is 1. The molecule has 0 aliphatic carbocycles. The van der Waals surface area contributed by atoms with Gasteiger partial charge in [0.2, 0.25) is 5.95 Å². The third-order valence-corrected chi connectivity index (χ3v) is 4.79. The Kier molecular flexibility index (Phi) is 8.21. The minimum absolute atomic E-state index is 0.00822. The number of nitrogen functional groups attached to an aromatic ring is 1. The highest BCUT2D eigenvalue weighted by Crippen LogP contribution is 2.28. The number of nitrogens with one attached hydrogen (secondary N) is 1. The lowest BCUT2D eigenvalue weighted by atomic mass is 10.00. The number of anilines is 2. The van der Waals surface area contributed by atoms with Crippen LogP contribution in [0.5, 0.6) is 5.75 Å². The summed E-state index contributed by atoms with van der Waals surface area (Å²) in [5.41, 5.74) is 9.04. The van der Waals surface area contributed by atoms with Gasteiger partial charge in [0.05, 0.1) is 20.1 Å². The van der Waals surface area contributed by atoms with E-state index in [9.17, 15) is 15.0 Å². The maximum absolute atomic E-state index is 11.3. The second-order valence-electron chi connectivity index (χ2n) is 7.06. The second kappa shape index (κ2) is 10.6. The van der Waals surface area contributed by atoms with Crippen LogP contribution in [0, 0.1) is 6.92 Å². The fourth-order valence-electron chi connectivity index (χ4n) is 3.29. The van der Waals surface area contributed by atoms with Crippen LogP contribution in [0.25, 0.3) is 0 Å². The molecule has 8 nitrogen and oxygen atoms in total. The highest BCUT2D eigenvalue weighted by Gasteiger charge is 2.19. The van der Waals surface area contributed by atoms with E-state index in [1.807, 2.05) is 25.1 Å². The van der Waals surface area contributed by atoms with Crippen LogP contribution in [0.1, 0.15) is 55.0 Å². The van der Waals surface area contributed by atoms with Crippen LogP contribution < -0.4 is 15.8 Å². The van der Waals surface area contributed by atoms with Crippen LogP contribution in [0.3, 0.4) is 0 Å². The van der Waals surface area contributed by atoms with E-state index in [2.05, 4.69) is 22.2 Å². The van der Waals surface area contributed by atoms with Crippen molar-refractivity contribution in [3.63, 3.8) is 0 Å². The first-order valence-corrected chi connectivity index (χ1v) is 9.75. The standard InChI is InChI=1S/C21H30N4O4/c1-4-5-6-16(11-19(27)28)24-20-17(13(2)23-21(22)25-20)10-15-9-14(12-26)7-8-18(15)29-3/h7-9,16,26H,4-6,10-12H2,1-3H3,(H,27,28)(H3,22,23,24,25)/t16-/m0/s1. The number of carbonyl (C=O) groups is 1. The number of nitrogens with zero attached hydrogens (tertiary/aromatic N) is 2. The van der Waals surface area contributed by atoms with Gasteiger partial charge >= 0.3 is 5.97 Å². The van der Waals surface area contributed by atoms with Crippen molar-refractivity contribution >= 4 is 17.7 Å². The molecule has 5 N–H and O–H groups in total. The Bertz CT molecular complexity index is 842. The van der Waals surface area contributed by atoms with Crippen LogP contribution in [0.4, 0.5) is 11.8 Å². The summed E-state index contributed by atoms with van der Waals surface area (Å²) in [6.07, 6.45) is 3.05. The van der Waals surface area contributed by atoms with Crippen LogP contribution in [-0.4, -0.2) is 39.3 Å². The average Bonchev–Trinajstić information content (AvgIpc) is 2.68. The first kappa shape index (κ1) is 22.4. The minimum Gasteiger partial charge on any atom is -0.496 e. The molecule has 158 valence electrons. The predicted molar refractivity (Wildman–Crippen MR) is 112 cm³/mol. The van der Waals surface area contributed by atoms with Gasteiger partial charge in [-0.15, -0.1) is 0 Å². The van der Waals surface area contributed by atoms with Gasteiger partial charge in [-0.25, -0.2) is 4.98 Å². The molecule has 1 aromatic heterocycles. The highest BCUT2D eigenvalue weighted by atomic mass is 16.5. The number of ether oxygens (including phenoxy) is 1. The van der Waals surface area contributed by atoms with Gasteiger partial charge in [0, 0.05) is 23.7 Å². The number of carboxylic acid groups (broad SMARTS) is 1. The van der Waals surface area contributed by atoms with Crippen LogP contribution in [0.2, 0.25) is 0 Å². The zero-order chi connectivity index (χ0) is 21.4. The summed E-state index contributed by atoms with van der Waals surface area (Å²) in [7, 11) is 1.59. The molecule has 0 aliphatic heterocycles. The summed E-state index contributed by atoms with van der Waals surface area (Å²) < 4.78 is 5.46. The first-order valence-electron chi connectivity index (χ1n) is 9.75. The molecule has 0 saturated carbocycles. The monoisotopic (exact) mass is 402 g/mol. The Morgan fingerprint density at radius 1 is 1.34 bits per heavy atom. The zero-order valence-electron chi connectivity index (χ0n) is 17.2. The van der Waals surface area contributed by atoms with Crippen molar-refractivity contribution < 1.29 is 19.7 Å². The molecule has 2 aromatic rings. The third-order valence-electron chi connectivity index (χ3n) is 4.79. The van der Waals surface area contributed by atoms with E-state index < -0.39 is 5.97 Å². The molecule has 29 heavy (non-hydrogen) atoms. The van der Waals surface area contributed by atoms with Gasteiger partial charge < -0.3 is 26.0 Å². The number of benzene rings is 1. The van der Waals surface area contributed by atoms with Crippen molar-refractivity contribution in [3.8, 4) is 5.75 Å². The van der Waals surface area contributed by atoms with Gasteiger partial charge in [0.25, 0.3) is 0 Å². The number of aryl methyl sites for hydroxylation is 1. The van der Waals surface area contributed by atoms with Gasteiger partial charge in [0.1, 0.15) is 11.6 Å². The third kappa shape index (κ3) is 6.32. The van der Waals surface area contributed by atoms with Gasteiger partial charge in [0.15, 0.2) is 0 Å². The lowest BCUT2D eigenvalue weighted by Crippen LogP contribution is -2.25. The van der Waals surface area contributed by atoms with Crippen molar-refractivity contribution in [3.05, 3.63) is 40.6 Å². The number of unbranched alkanes of at least 4 members (excludes halogenated alkanes) is 1. The van der Waals surface area contributed by atoms with Gasteiger partial charge in [-0.05, 0) is 36.6 Å². The summed E-state index contributed by atoms with van der Waals surface area (Å²) in [5.74, 6) is 0.497. The van der Waals surface area contributed by atoms with Crippen molar-refractivity contribution in [2.75, 3.05) is 18.2 Å². The van der Waals surface area contributed by atoms with E-state index >= 15 is 0 Å². The lowest BCUT2D eigenvalue weighted by molar-refractivity contribution is -0.137. The number of aliphatic hydroxyl groups excluding tert-OH is 1. The average molecular weight is 402 g/mol. The van der Waals surface area contributed by atoms with E-state index in [-0.39, 0.29) is 25.0 Å². The number of methoxy groups -OCH3 is 1. The molecule has 1 heterocycles. The van der Waals surface area contributed by atoms with E-state index in [0.29, 0.717) is 30.1 Å². The van der Waals surface area contributed by atoms with E-state index in [1.54, 1.807) is 7.11 Å². The molecule has 0 bridgehead atoms. The van der Waals surface area contributed by atoms with Crippen molar-refractivity contribution in [2.24, 2.45) is 0 Å². The Morgan fingerprint density at radius 3 is 2.72 bits per heavy atom. The quantitative estimate of drug-likeness (QED) is 0.451. The molecule has 1 aromatic carbocycles. The fraction of sp³-hybridized carbons (Fsp3) is 0.476. The molecule has 0 unspecified atom stereocenters. The lowest BCUT2D eigenvalue weighted by Gasteiger charge is -2.21. The highest BCUT2D eigenvalue weighted by molar-refractivity contribution is 5.68. The van der Waals surface area contributed by atoms with Crippen LogP contribution in [-0.2, 0) is 17.8 Å². The van der Waals surface area contributed by atoms with Gasteiger partial charge in [-0.3, -0.25) is 4.79 Å². The summed E-state index contributed by atoms with van der Waals surface area (Å²) in [5, 5.41) is 22.0. The molecule has 0 spiro atoms. The van der Waals surface area contributed by atoms with E-state index in [4.69, 9.17) is 10.5 Å². The van der Waals surface area contributed by atoms with Crippen LogP contribution >= 0.6 is 0 Å². The Balaban J connectivity index is 2.41. The second-order valence-corrected chi connectivity index (χ2v) is 7.06. The number of nitrogens with two attached hydrogens (primary N) is 1. The van der Waals surface area contributed by atoms with E-state index in [0.717, 1.165) is 29.5 Å². The topological polar surface area (TPSA) is 131 Å². The Labute approximate surface area is 171 Å². The maximum Gasteiger partial charge on any atom is 0.305 e. The SMILES string of the molecule is CCCC[C@@H](CC(=O)O)Nc1nc(N)nc(C)c1Cc1cc(CO)ccc1OC. The largest absolute Gasteiger partial charge is 0.496 e. The summed E-state index contributed by atoms with van der Waals surface area (Å²) in [4.78, 5) is 19.9. The minimum atomic E-state index is -0.865. The molecule has 0 aliphatic rings. The van der Waals surface area contributed by atoms with Gasteiger partial charge in [-0.1, -0.05) is 25.8 Å². The maximum atomic E-state index is 11.3. The molecule has 0 fully saturated rings. The zero-order valence-corrected chi connectivity index (χ0v) is 17.2. The molecule has 0 saturated heterocycles. The molecule has 8 heteroatoms. The molecule has 1 atom stereocenters. The Morgan fingerprint density at radius 2 is 2.10 bits per heavy atom. The smallest absolute Gasteiger partial charge is 0.305 e. The van der Waals surface area contributed by atoms with Crippen molar-refractivity contribution in [1.29, 1.82) is 0 Å². The molecular weight excluding hydrogens is 372 g/mol. The van der Waals surface area contributed by atoms with E-state index in [1.165, 1.54) is 0 Å². The molecule has 0 amide bonds. The summed E-state index contributed by atoms with van der Waals surface area (Å²) in [6.45, 7) is 3.84. The number of aromatic nitrogens is 2. The van der Waals surface area contributed by atoms with Gasteiger partial charge in [-0.2, -0.15) is 4.98 Å². The number of hydrogen-bond acceptors (Lipinski definition) is 7. The van der Waals surface area contributed by atoms with Crippen molar-refractivity contribution in [1.82, 2.24) is 9.97 Å². The van der Waals surface area contributed by atoms with Crippen molar-refractivity contribution in [2.45, 2.75) is 58.6 Å². The number of aliphatic carboxylic acids is 1. The normalized spacial score (nSPS) is 11.9. The number of aliphatic hydroxyl groups is 1. The fourth-order valence-corrected chi connectivity index (χ4v) is 3.29. The Hall–Kier alpha value is -2.87. The van der Waals surface area contributed by atoms with Crippen LogP contribution in [0.15, 0.2) is 18.2 Å².